The Bertz CT molecular complexity index is 613. The largest absolute Gasteiger partial charge is 0.456 e. The molecule has 3 nitrogen and oxygen atoms in total. The molecule has 1 aromatic heterocycles. The monoisotopic (exact) mass is 278 g/mol. The second-order valence-electron chi connectivity index (χ2n) is 3.55. The van der Waals surface area contributed by atoms with Crippen LogP contribution in [0.4, 0.5) is 0 Å². The minimum atomic E-state index is 0.333. The molecule has 0 radical (unpaired) electrons. The van der Waals surface area contributed by atoms with E-state index in [1.807, 2.05) is 25.1 Å². The lowest BCUT2D eigenvalue weighted by molar-refractivity contribution is 0.364. The van der Waals surface area contributed by atoms with Crippen molar-refractivity contribution < 1.29 is 4.74 Å². The maximum atomic E-state index is 6.08. The van der Waals surface area contributed by atoms with E-state index in [1.54, 1.807) is 6.92 Å². The number of rotatable bonds is 3. The van der Waals surface area contributed by atoms with Crippen molar-refractivity contribution in [1.82, 2.24) is 10.2 Å². The second-order valence-corrected chi connectivity index (χ2v) is 4.90. The van der Waals surface area contributed by atoms with Gasteiger partial charge in [0.2, 0.25) is 0 Å². The Morgan fingerprint density at radius 1 is 1.39 bits per heavy atom. The zero-order valence-corrected chi connectivity index (χ0v) is 11.6. The first-order valence-corrected chi connectivity index (χ1v) is 6.52. The highest BCUT2D eigenvalue weighted by Crippen LogP contribution is 2.30. The van der Waals surface area contributed by atoms with Gasteiger partial charge < -0.3 is 4.74 Å². The average Bonchev–Trinajstić information content (AvgIpc) is 2.82. The molecular weight excluding hydrogens is 268 g/mol. The van der Waals surface area contributed by atoms with Gasteiger partial charge in [0.15, 0.2) is 11.6 Å². The predicted octanol–water partition coefficient (Wildman–Crippen LogP) is 3.57. The molecule has 0 aliphatic carbocycles. The minimum Gasteiger partial charge on any atom is -0.456 e. The molecule has 0 spiro atoms. The summed E-state index contributed by atoms with van der Waals surface area (Å²) in [4.78, 5) is 0. The molecule has 1 aromatic carbocycles. The highest BCUT2D eigenvalue weighted by Gasteiger charge is 2.08. The zero-order chi connectivity index (χ0) is 13.0. The molecule has 0 aliphatic heterocycles. The van der Waals surface area contributed by atoms with Crippen molar-refractivity contribution >= 4 is 22.9 Å². The number of aryl methyl sites for hydroxylation is 1. The Morgan fingerprint density at radius 3 is 2.94 bits per heavy atom. The number of benzene rings is 1. The number of hydrogen-bond acceptors (Lipinski definition) is 4. The summed E-state index contributed by atoms with van der Waals surface area (Å²) in [7, 11) is 0. The maximum absolute atomic E-state index is 6.08. The Morgan fingerprint density at radius 2 is 2.22 bits per heavy atom. The molecule has 0 aliphatic rings. The summed E-state index contributed by atoms with van der Waals surface area (Å²) in [6.45, 7) is 4.06. The quantitative estimate of drug-likeness (QED) is 0.805. The smallest absolute Gasteiger partial charge is 0.295 e. The summed E-state index contributed by atoms with van der Waals surface area (Å²) in [5.74, 6) is 5.56. The van der Waals surface area contributed by atoms with E-state index in [0.29, 0.717) is 11.8 Å². The van der Waals surface area contributed by atoms with Crippen LogP contribution in [0.3, 0.4) is 0 Å². The van der Waals surface area contributed by atoms with Crippen LogP contribution in [0.2, 0.25) is 5.02 Å². The third-order valence-corrected chi connectivity index (χ3v) is 3.56. The Kier molecular flexibility index (Phi) is 4.19. The number of aromatic nitrogens is 2. The molecule has 0 saturated heterocycles. The van der Waals surface area contributed by atoms with Crippen LogP contribution < -0.4 is 4.74 Å². The van der Waals surface area contributed by atoms with E-state index in [1.165, 1.54) is 11.3 Å². The van der Waals surface area contributed by atoms with Gasteiger partial charge >= 0.3 is 0 Å². The molecule has 0 N–H and O–H groups in total. The molecule has 5 heteroatoms. The van der Waals surface area contributed by atoms with Gasteiger partial charge in [0.25, 0.3) is 5.19 Å². The first kappa shape index (κ1) is 12.9. The van der Waals surface area contributed by atoms with Crippen molar-refractivity contribution in [3.8, 4) is 27.6 Å². The van der Waals surface area contributed by atoms with Crippen molar-refractivity contribution in [3.63, 3.8) is 0 Å². The summed E-state index contributed by atoms with van der Waals surface area (Å²) in [6.07, 6.45) is 0. The fourth-order valence-corrected chi connectivity index (χ4v) is 2.15. The molecule has 0 bridgehead atoms. The van der Waals surface area contributed by atoms with Crippen LogP contribution in [-0.4, -0.2) is 16.8 Å². The minimum absolute atomic E-state index is 0.333. The van der Waals surface area contributed by atoms with Gasteiger partial charge in [-0.15, -0.1) is 11.0 Å². The van der Waals surface area contributed by atoms with Gasteiger partial charge in [0.05, 0.1) is 0 Å². The van der Waals surface area contributed by atoms with Gasteiger partial charge in [0.1, 0.15) is 0 Å². The van der Waals surface area contributed by atoms with E-state index in [-0.39, 0.29) is 0 Å². The van der Waals surface area contributed by atoms with E-state index < -0.39 is 0 Å². The van der Waals surface area contributed by atoms with E-state index in [2.05, 4.69) is 22.0 Å². The number of hydrogen-bond donors (Lipinski definition) is 0. The summed E-state index contributed by atoms with van der Waals surface area (Å²) in [5, 5.41) is 10.1. The van der Waals surface area contributed by atoms with Crippen molar-refractivity contribution in [2.75, 3.05) is 6.61 Å². The molecule has 2 rings (SSSR count). The SMILES string of the molecule is CC#CCOc1nnc(-c2ccc(C)c(Cl)c2)s1. The summed E-state index contributed by atoms with van der Waals surface area (Å²) >= 11 is 7.46. The summed E-state index contributed by atoms with van der Waals surface area (Å²) in [6, 6.07) is 5.81. The maximum Gasteiger partial charge on any atom is 0.295 e. The van der Waals surface area contributed by atoms with Crippen LogP contribution >= 0.6 is 22.9 Å². The predicted molar refractivity (Wildman–Crippen MR) is 74.0 cm³/mol. The topological polar surface area (TPSA) is 35.0 Å². The standard InChI is InChI=1S/C13H11ClN2OS/c1-3-4-7-17-13-16-15-12(18-13)10-6-5-9(2)11(14)8-10/h5-6,8H,7H2,1-2H3. The van der Waals surface area contributed by atoms with Crippen LogP contribution in [0.15, 0.2) is 18.2 Å². The lowest BCUT2D eigenvalue weighted by Gasteiger charge is -1.99. The molecular formula is C13H11ClN2OS. The lowest BCUT2D eigenvalue weighted by Crippen LogP contribution is -1.92. The van der Waals surface area contributed by atoms with Gasteiger partial charge in [0, 0.05) is 10.6 Å². The molecule has 1 heterocycles. The molecule has 0 saturated carbocycles. The van der Waals surface area contributed by atoms with Crippen molar-refractivity contribution in [1.29, 1.82) is 0 Å². The molecule has 0 amide bonds. The van der Waals surface area contributed by atoms with E-state index in [9.17, 15) is 0 Å². The number of halogens is 1. The highest BCUT2D eigenvalue weighted by molar-refractivity contribution is 7.16. The Hall–Kier alpha value is -1.57. The molecule has 0 fully saturated rings. The molecule has 0 unspecified atom stereocenters. The summed E-state index contributed by atoms with van der Waals surface area (Å²) in [5.41, 5.74) is 1.99. The third-order valence-electron chi connectivity index (χ3n) is 2.27. The highest BCUT2D eigenvalue weighted by atomic mass is 35.5. The Labute approximate surface area is 115 Å². The van der Waals surface area contributed by atoms with Gasteiger partial charge in [-0.2, -0.15) is 0 Å². The van der Waals surface area contributed by atoms with Crippen molar-refractivity contribution in [3.05, 3.63) is 28.8 Å². The third kappa shape index (κ3) is 3.00. The molecule has 0 atom stereocenters. The van der Waals surface area contributed by atoms with E-state index >= 15 is 0 Å². The van der Waals surface area contributed by atoms with Crippen LogP contribution in [0, 0.1) is 18.8 Å². The Balaban J connectivity index is 2.17. The van der Waals surface area contributed by atoms with Crippen molar-refractivity contribution in [2.24, 2.45) is 0 Å². The molecule has 92 valence electrons. The van der Waals surface area contributed by atoms with Crippen LogP contribution in [0.1, 0.15) is 12.5 Å². The first-order valence-electron chi connectivity index (χ1n) is 5.33. The van der Waals surface area contributed by atoms with Crippen molar-refractivity contribution in [2.45, 2.75) is 13.8 Å². The van der Waals surface area contributed by atoms with Gasteiger partial charge in [-0.25, -0.2) is 0 Å². The van der Waals surface area contributed by atoms with Gasteiger partial charge in [-0.3, -0.25) is 0 Å². The van der Waals surface area contributed by atoms with E-state index in [0.717, 1.165) is 21.2 Å². The fourth-order valence-electron chi connectivity index (χ4n) is 1.28. The van der Waals surface area contributed by atoms with Crippen LogP contribution in [0.25, 0.3) is 10.6 Å². The van der Waals surface area contributed by atoms with Crippen LogP contribution in [-0.2, 0) is 0 Å². The second kappa shape index (κ2) is 5.85. The normalized spacial score (nSPS) is 9.72. The van der Waals surface area contributed by atoms with Gasteiger partial charge in [-0.05, 0) is 25.5 Å². The van der Waals surface area contributed by atoms with Gasteiger partial charge in [-0.1, -0.05) is 46.1 Å². The number of ether oxygens (including phenoxy) is 1. The molecule has 18 heavy (non-hydrogen) atoms. The zero-order valence-electron chi connectivity index (χ0n) is 10.0. The number of nitrogens with zero attached hydrogens (tertiary/aromatic N) is 2. The summed E-state index contributed by atoms with van der Waals surface area (Å²) < 4.78 is 5.34. The first-order chi connectivity index (χ1) is 8.70. The average molecular weight is 279 g/mol. The van der Waals surface area contributed by atoms with Crippen LogP contribution in [0.5, 0.6) is 5.19 Å². The van der Waals surface area contributed by atoms with E-state index in [4.69, 9.17) is 16.3 Å². The fraction of sp³-hybridized carbons (Fsp3) is 0.231. The molecule has 2 aromatic rings. The lowest BCUT2D eigenvalue weighted by atomic mass is 10.2.